The third-order valence-corrected chi connectivity index (χ3v) is 2.37. The lowest BCUT2D eigenvalue weighted by molar-refractivity contribution is -0.141. The number of imidazole rings is 1. The number of methoxy groups -OCH3 is 1. The van der Waals surface area contributed by atoms with Gasteiger partial charge in [-0.1, -0.05) is 0 Å². The molecule has 0 aliphatic carbocycles. The number of H-pyrrole nitrogens is 1. The summed E-state index contributed by atoms with van der Waals surface area (Å²) in [6.07, 6.45) is 1.65. The third-order valence-electron chi connectivity index (χ3n) is 2.04. The first-order valence-corrected chi connectivity index (χ1v) is 4.73. The number of aromatic nitrogens is 3. The molecule has 2 rings (SSSR count). The first kappa shape index (κ1) is 9.85. The molecule has 0 amide bonds. The number of nitrogens with zero attached hydrogens (tertiary/aromatic N) is 2. The Hall–Kier alpha value is -1.69. The second-order valence-corrected chi connectivity index (χ2v) is 3.35. The van der Waals surface area contributed by atoms with Crippen molar-refractivity contribution in [1.29, 1.82) is 0 Å². The minimum absolute atomic E-state index is 0.0757. The number of rotatable bonds is 2. The molecule has 0 radical (unpaired) electrons. The van der Waals surface area contributed by atoms with Crippen LogP contribution in [0.25, 0.3) is 11.2 Å². The standard InChI is InChI=1S/C9H9N3O2S/c1-14-7(13)5-12-8-6(11-9(12)15)3-2-4-10-8/h2-4H,5H2,1H3,(H,11,15). The summed E-state index contributed by atoms with van der Waals surface area (Å²) in [5, 5.41) is 0. The van der Waals surface area contributed by atoms with Gasteiger partial charge in [-0.3, -0.25) is 9.36 Å². The van der Waals surface area contributed by atoms with E-state index in [-0.39, 0.29) is 12.5 Å². The Morgan fingerprint density at radius 2 is 2.53 bits per heavy atom. The number of aromatic amines is 1. The van der Waals surface area contributed by atoms with Gasteiger partial charge in [-0.25, -0.2) is 4.98 Å². The molecule has 2 heterocycles. The molecular weight excluding hydrogens is 214 g/mol. The fraction of sp³-hybridized carbons (Fsp3) is 0.222. The molecule has 0 fully saturated rings. The van der Waals surface area contributed by atoms with Crippen molar-refractivity contribution >= 4 is 29.4 Å². The van der Waals surface area contributed by atoms with E-state index >= 15 is 0 Å². The van der Waals surface area contributed by atoms with Crippen LogP contribution in [0.3, 0.4) is 0 Å². The van der Waals surface area contributed by atoms with Gasteiger partial charge in [0.15, 0.2) is 10.4 Å². The van der Waals surface area contributed by atoms with Crippen molar-refractivity contribution in [1.82, 2.24) is 14.5 Å². The lowest BCUT2D eigenvalue weighted by Crippen LogP contribution is -2.11. The van der Waals surface area contributed by atoms with Crippen LogP contribution in [0.5, 0.6) is 0 Å². The Morgan fingerprint density at radius 3 is 3.27 bits per heavy atom. The van der Waals surface area contributed by atoms with Crippen molar-refractivity contribution in [3.05, 3.63) is 23.1 Å². The van der Waals surface area contributed by atoms with Crippen molar-refractivity contribution in [3.63, 3.8) is 0 Å². The van der Waals surface area contributed by atoms with Gasteiger partial charge in [0.25, 0.3) is 0 Å². The highest BCUT2D eigenvalue weighted by Gasteiger charge is 2.08. The molecule has 0 bridgehead atoms. The zero-order chi connectivity index (χ0) is 10.8. The number of fused-ring (bicyclic) bond motifs is 1. The number of nitrogens with one attached hydrogen (secondary N) is 1. The Morgan fingerprint density at radius 1 is 1.73 bits per heavy atom. The van der Waals surface area contributed by atoms with Crippen molar-refractivity contribution in [2.75, 3.05) is 7.11 Å². The summed E-state index contributed by atoms with van der Waals surface area (Å²) in [7, 11) is 1.34. The Bertz CT molecular complexity index is 558. The van der Waals surface area contributed by atoms with Gasteiger partial charge in [-0.15, -0.1) is 0 Å². The molecule has 1 N–H and O–H groups in total. The number of pyridine rings is 1. The van der Waals surface area contributed by atoms with Gasteiger partial charge in [0.2, 0.25) is 0 Å². The molecule has 0 atom stereocenters. The van der Waals surface area contributed by atoms with E-state index in [1.807, 2.05) is 6.07 Å². The van der Waals surface area contributed by atoms with Crippen LogP contribution in [0.15, 0.2) is 18.3 Å². The summed E-state index contributed by atoms with van der Waals surface area (Å²) in [4.78, 5) is 18.3. The van der Waals surface area contributed by atoms with E-state index in [1.165, 1.54) is 7.11 Å². The summed E-state index contributed by atoms with van der Waals surface area (Å²) in [5.74, 6) is -0.349. The van der Waals surface area contributed by atoms with Gasteiger partial charge in [-0.2, -0.15) is 0 Å². The molecule has 0 aliphatic rings. The van der Waals surface area contributed by atoms with Crippen LogP contribution in [-0.4, -0.2) is 27.6 Å². The largest absolute Gasteiger partial charge is 0.468 e. The van der Waals surface area contributed by atoms with Gasteiger partial charge >= 0.3 is 5.97 Å². The van der Waals surface area contributed by atoms with Crippen molar-refractivity contribution in [2.45, 2.75) is 6.54 Å². The third kappa shape index (κ3) is 1.75. The smallest absolute Gasteiger partial charge is 0.325 e. The molecule has 0 spiro atoms. The summed E-state index contributed by atoms with van der Waals surface area (Å²) in [6.45, 7) is 0.0757. The average molecular weight is 223 g/mol. The van der Waals surface area contributed by atoms with Crippen LogP contribution in [0.2, 0.25) is 0 Å². The Labute approximate surface area is 90.7 Å². The monoisotopic (exact) mass is 223 g/mol. The normalized spacial score (nSPS) is 10.5. The highest BCUT2D eigenvalue weighted by atomic mass is 32.1. The first-order chi connectivity index (χ1) is 7.22. The van der Waals surface area contributed by atoms with E-state index in [4.69, 9.17) is 12.2 Å². The highest BCUT2D eigenvalue weighted by molar-refractivity contribution is 7.71. The van der Waals surface area contributed by atoms with Gasteiger partial charge in [0, 0.05) is 6.20 Å². The van der Waals surface area contributed by atoms with E-state index < -0.39 is 0 Å². The maximum Gasteiger partial charge on any atom is 0.325 e. The topological polar surface area (TPSA) is 59.9 Å². The van der Waals surface area contributed by atoms with E-state index in [2.05, 4.69) is 14.7 Å². The van der Waals surface area contributed by atoms with Gasteiger partial charge in [0.05, 0.1) is 12.6 Å². The number of carbonyl (C=O) groups excluding carboxylic acids is 1. The van der Waals surface area contributed by atoms with Crippen molar-refractivity contribution < 1.29 is 9.53 Å². The van der Waals surface area contributed by atoms with E-state index in [0.29, 0.717) is 10.4 Å². The van der Waals surface area contributed by atoms with Gasteiger partial charge in [0.1, 0.15) is 6.54 Å². The molecule has 5 nitrogen and oxygen atoms in total. The second kappa shape index (κ2) is 3.82. The lowest BCUT2D eigenvalue weighted by Gasteiger charge is -2.00. The molecule has 78 valence electrons. The van der Waals surface area contributed by atoms with Crippen LogP contribution in [0, 0.1) is 4.77 Å². The fourth-order valence-corrected chi connectivity index (χ4v) is 1.59. The van der Waals surface area contributed by atoms with Crippen LogP contribution < -0.4 is 0 Å². The van der Waals surface area contributed by atoms with E-state index in [1.54, 1.807) is 16.8 Å². The number of ether oxygens (including phenoxy) is 1. The fourth-order valence-electron chi connectivity index (χ4n) is 1.33. The minimum atomic E-state index is -0.349. The maximum atomic E-state index is 11.1. The lowest BCUT2D eigenvalue weighted by atomic mass is 10.4. The summed E-state index contributed by atoms with van der Waals surface area (Å²) < 4.78 is 6.65. The van der Waals surface area contributed by atoms with Crippen LogP contribution in [0.4, 0.5) is 0 Å². The number of hydrogen-bond acceptors (Lipinski definition) is 4. The molecule has 15 heavy (non-hydrogen) atoms. The molecule has 0 saturated heterocycles. The molecule has 0 saturated carbocycles. The summed E-state index contributed by atoms with van der Waals surface area (Å²) >= 11 is 5.08. The van der Waals surface area contributed by atoms with Crippen LogP contribution >= 0.6 is 12.2 Å². The van der Waals surface area contributed by atoms with E-state index in [9.17, 15) is 4.79 Å². The van der Waals surface area contributed by atoms with Gasteiger partial charge in [-0.05, 0) is 24.4 Å². The predicted molar refractivity (Wildman–Crippen MR) is 56.9 cm³/mol. The summed E-state index contributed by atoms with van der Waals surface area (Å²) in [6, 6.07) is 3.65. The van der Waals surface area contributed by atoms with Crippen molar-refractivity contribution in [3.8, 4) is 0 Å². The van der Waals surface area contributed by atoms with Gasteiger partial charge < -0.3 is 9.72 Å². The highest BCUT2D eigenvalue weighted by Crippen LogP contribution is 2.10. The number of hydrogen-bond donors (Lipinski definition) is 1. The van der Waals surface area contributed by atoms with Crippen LogP contribution in [-0.2, 0) is 16.1 Å². The average Bonchev–Trinajstić information content (AvgIpc) is 2.55. The minimum Gasteiger partial charge on any atom is -0.468 e. The van der Waals surface area contributed by atoms with E-state index in [0.717, 1.165) is 5.52 Å². The molecule has 6 heteroatoms. The quantitative estimate of drug-likeness (QED) is 0.615. The van der Waals surface area contributed by atoms with Crippen LogP contribution in [0.1, 0.15) is 0 Å². The summed E-state index contributed by atoms with van der Waals surface area (Å²) in [5.41, 5.74) is 1.47. The molecule has 0 unspecified atom stereocenters. The predicted octanol–water partition coefficient (Wildman–Crippen LogP) is 1.27. The molecule has 0 aliphatic heterocycles. The zero-order valence-electron chi connectivity index (χ0n) is 8.06. The Kier molecular flexibility index (Phi) is 2.51. The first-order valence-electron chi connectivity index (χ1n) is 4.32. The SMILES string of the molecule is COC(=O)Cn1c(=S)[nH]c2cccnc21. The number of esters is 1. The maximum absolute atomic E-state index is 11.1. The Balaban J connectivity index is 2.54. The second-order valence-electron chi connectivity index (χ2n) is 2.97. The molecule has 0 aromatic carbocycles. The number of carbonyl (C=O) groups is 1. The molecule has 2 aromatic heterocycles. The van der Waals surface area contributed by atoms with Crippen molar-refractivity contribution in [2.24, 2.45) is 0 Å². The molecular formula is C9H9N3O2S. The molecule has 2 aromatic rings. The zero-order valence-corrected chi connectivity index (χ0v) is 8.87.